The predicted molar refractivity (Wildman–Crippen MR) is 332 cm³/mol. The second kappa shape index (κ2) is 28.3. The van der Waals surface area contributed by atoms with Crippen molar-refractivity contribution in [3.63, 3.8) is 0 Å². The predicted octanol–water partition coefficient (Wildman–Crippen LogP) is 4.36. The molecule has 27 nitrogen and oxygen atoms in total. The van der Waals surface area contributed by atoms with Crippen LogP contribution in [-0.2, 0) is 40.0 Å². The fourth-order valence-corrected chi connectivity index (χ4v) is 11.0. The van der Waals surface area contributed by atoms with E-state index in [9.17, 15) is 50.1 Å². The van der Waals surface area contributed by atoms with Crippen LogP contribution < -0.4 is 68.2 Å². The molecular formula is C64H62Cl2N10O17. The molecule has 5 aliphatic rings. The van der Waals surface area contributed by atoms with Gasteiger partial charge in [-0.15, -0.1) is 0 Å². The van der Waals surface area contributed by atoms with Crippen molar-refractivity contribution in [2.45, 2.75) is 67.7 Å². The third kappa shape index (κ3) is 15.3. The number of rotatable bonds is 12. The third-order valence-electron chi connectivity index (χ3n) is 15.3. The van der Waals surface area contributed by atoms with Crippen molar-refractivity contribution in [1.29, 1.82) is 0 Å². The Morgan fingerprint density at radius 2 is 1.11 bits per heavy atom. The van der Waals surface area contributed by atoms with E-state index in [-0.39, 0.29) is 85.1 Å². The molecule has 5 aliphatic heterocycles. The molecule has 0 saturated heterocycles. The van der Waals surface area contributed by atoms with Crippen LogP contribution in [0.4, 0.5) is 0 Å². The van der Waals surface area contributed by atoms with Crippen LogP contribution in [0.1, 0.15) is 88.1 Å². The summed E-state index contributed by atoms with van der Waals surface area (Å²) in [4.78, 5) is 105. The molecule has 484 valence electrons. The minimum atomic E-state index is -2.15. The van der Waals surface area contributed by atoms with E-state index in [1.165, 1.54) is 66.7 Å². The van der Waals surface area contributed by atoms with Gasteiger partial charge in [-0.3, -0.25) is 33.6 Å². The second-order valence-electron chi connectivity index (χ2n) is 22.0. The largest absolute Gasteiger partial charge is 0.508 e. The zero-order chi connectivity index (χ0) is 66.4. The molecule has 7 amide bonds. The summed E-state index contributed by atoms with van der Waals surface area (Å²) < 4.78 is 18.5. The van der Waals surface area contributed by atoms with Crippen LogP contribution in [0.2, 0.25) is 10.0 Å². The lowest BCUT2D eigenvalue weighted by Gasteiger charge is -2.30. The number of nitrogens with one attached hydrogen (secondary N) is 8. The molecule has 0 unspecified atom stereocenters. The number of ether oxygens (including phenoxy) is 3. The van der Waals surface area contributed by atoms with Crippen LogP contribution in [-0.4, -0.2) is 115 Å². The maximum absolute atomic E-state index is 15.7. The lowest BCUT2D eigenvalue weighted by Crippen LogP contribution is -2.55. The Bertz CT molecular complexity index is 4050. The zero-order valence-corrected chi connectivity index (χ0v) is 50.3. The van der Waals surface area contributed by atoms with Crippen LogP contribution in [0.3, 0.4) is 0 Å². The van der Waals surface area contributed by atoms with Gasteiger partial charge in [0.15, 0.2) is 23.0 Å². The van der Waals surface area contributed by atoms with Crippen molar-refractivity contribution in [3.8, 4) is 69.0 Å². The Morgan fingerprint density at radius 3 is 1.76 bits per heavy atom. The Morgan fingerprint density at radius 1 is 0.538 bits per heavy atom. The molecule has 5 heterocycles. The van der Waals surface area contributed by atoms with Gasteiger partial charge in [0.05, 0.1) is 10.0 Å². The Hall–Kier alpha value is -10.6. The SMILES string of the molecule is NCCCNCCCNC(=O)[C@@H](NC(=O)[C@H]1NC(=O)[C@@H](c2ccc(O)cc2)NC(=O)[C@@H]2NC(=O)[C@H]3NC(=O)[C@@H](Cc4ccc(c(Cl)c4)Oc4cc2cc(c4O)Oc2ccc(cc2Cl)[C@H]1O)NC(=O)[C@H](N)c1ccc(O)c(c1)Oc1cc(O)cc3c1)c1cc(O)cc(O)c1. The molecule has 7 aromatic carbocycles. The maximum Gasteiger partial charge on any atom is 0.248 e. The zero-order valence-electron chi connectivity index (χ0n) is 48.8. The van der Waals surface area contributed by atoms with Crippen LogP contribution in [0.25, 0.3) is 0 Å². The third-order valence-corrected chi connectivity index (χ3v) is 15.9. The summed E-state index contributed by atoms with van der Waals surface area (Å²) in [5, 5.41) is 99.2. The van der Waals surface area contributed by atoms with E-state index < -0.39 is 130 Å². The standard InChI is InChI=1S/C64H62Cl2N10O17/c65-41-17-29-3-11-45(41)92-48-25-35-26-49(57(48)83)93-46-12-7-32(23-42(46)66)56(82)55(64(90)74-52(33-19-37(78)27-38(79)20-33)60(86)70-16-2-15-69-14-1-13-67)76-61(87)51(30-4-8-36(77)9-5-30)73-63(89)54(35)75-62(88)53-34-21-39(80)28-40(22-34)91-47-24-31(6-10-44(47)81)50(68)59(85)71-43(18-29)58(84)72-53/h3-12,17,19-28,43,50-56,69,77-83H,1-2,13-16,18,67-68H2,(H,70,86)(H,71,85)(H,72,84)(H,73,89)(H,74,90)(H,75,88)(H,76,87)/t43-,50-,51-,52+,53+,54-,55+,56-/m1/s1. The average Bonchev–Trinajstić information content (AvgIpc) is 0.820. The van der Waals surface area contributed by atoms with Crippen molar-refractivity contribution in [1.82, 2.24) is 42.5 Å². The summed E-state index contributed by atoms with van der Waals surface area (Å²) in [5.41, 5.74) is 11.6. The van der Waals surface area contributed by atoms with E-state index in [4.69, 9.17) is 48.9 Å². The van der Waals surface area contributed by atoms with Crippen molar-refractivity contribution >= 4 is 64.6 Å². The highest BCUT2D eigenvalue weighted by Crippen LogP contribution is 2.47. The molecule has 12 rings (SSSR count). The molecule has 0 aromatic heterocycles. The minimum absolute atomic E-state index is 0.0624. The van der Waals surface area contributed by atoms with E-state index in [0.717, 1.165) is 60.7 Å². The monoisotopic (exact) mass is 1310 g/mol. The number of nitrogens with two attached hydrogens (primary N) is 2. The van der Waals surface area contributed by atoms with Gasteiger partial charge in [-0.25, -0.2) is 0 Å². The van der Waals surface area contributed by atoms with E-state index in [1.54, 1.807) is 0 Å². The molecule has 19 N–H and O–H groups in total. The highest BCUT2D eigenvalue weighted by molar-refractivity contribution is 6.32. The van der Waals surface area contributed by atoms with Crippen LogP contribution >= 0.6 is 23.2 Å². The average molecular weight is 1310 g/mol. The normalized spacial score (nSPS) is 20.1. The summed E-state index contributed by atoms with van der Waals surface area (Å²) in [7, 11) is 0. The minimum Gasteiger partial charge on any atom is -0.508 e. The summed E-state index contributed by atoms with van der Waals surface area (Å²) in [5.74, 6) is -12.7. The number of hydrogen-bond acceptors (Lipinski definition) is 20. The number of hydrogen-bond donors (Lipinski definition) is 17. The summed E-state index contributed by atoms with van der Waals surface area (Å²) in [6.45, 7) is 1.60. The van der Waals surface area contributed by atoms with Crippen LogP contribution in [0, 0.1) is 0 Å². The lowest BCUT2D eigenvalue weighted by molar-refractivity contribution is -0.137. The number of aliphatic hydroxyl groups excluding tert-OH is 1. The molecule has 0 fully saturated rings. The number of aliphatic hydroxyl groups is 1. The van der Waals surface area contributed by atoms with Crippen LogP contribution in [0.5, 0.6) is 69.0 Å². The fraction of sp³-hybridized carbons (Fsp3) is 0.234. The number of phenolic OH excluding ortho intramolecular Hbond substituents is 6. The highest BCUT2D eigenvalue weighted by atomic mass is 35.5. The number of carbonyl (C=O) groups is 7. The van der Waals surface area contributed by atoms with E-state index >= 15 is 19.2 Å². The molecule has 0 saturated carbocycles. The Balaban J connectivity index is 1.11. The number of benzene rings is 7. The first-order valence-corrected chi connectivity index (χ1v) is 29.7. The van der Waals surface area contributed by atoms with Gasteiger partial charge in [0.2, 0.25) is 47.1 Å². The van der Waals surface area contributed by atoms with Gasteiger partial charge in [0.1, 0.15) is 88.6 Å². The van der Waals surface area contributed by atoms with E-state index in [2.05, 4.69) is 42.5 Å². The first-order chi connectivity index (χ1) is 44.5. The lowest BCUT2D eigenvalue weighted by atomic mass is 9.97. The molecule has 7 aromatic rings. The van der Waals surface area contributed by atoms with Gasteiger partial charge in [-0.2, -0.15) is 0 Å². The molecule has 29 heteroatoms. The first kappa shape index (κ1) is 65.4. The fourth-order valence-electron chi connectivity index (χ4n) is 10.5. The van der Waals surface area contributed by atoms with Gasteiger partial charge >= 0.3 is 0 Å². The number of carbonyl (C=O) groups excluding carboxylic acids is 7. The number of amides is 7. The quantitative estimate of drug-likeness (QED) is 0.0755. The molecule has 93 heavy (non-hydrogen) atoms. The smallest absolute Gasteiger partial charge is 0.248 e. The van der Waals surface area contributed by atoms with Crippen molar-refractivity contribution in [2.75, 3.05) is 26.2 Å². The van der Waals surface area contributed by atoms with Crippen molar-refractivity contribution in [3.05, 3.63) is 176 Å². The Labute approximate surface area is 539 Å². The highest BCUT2D eigenvalue weighted by Gasteiger charge is 2.40. The topological polar surface area (TPSA) is 437 Å². The van der Waals surface area contributed by atoms with E-state index in [0.29, 0.717) is 38.0 Å². The second-order valence-corrected chi connectivity index (χ2v) is 22.8. The van der Waals surface area contributed by atoms with Crippen molar-refractivity contribution in [2.24, 2.45) is 11.5 Å². The van der Waals surface area contributed by atoms with Gasteiger partial charge in [-0.1, -0.05) is 53.5 Å². The Kier molecular flexibility index (Phi) is 19.9. The summed E-state index contributed by atoms with van der Waals surface area (Å²) >= 11 is 13.8. The van der Waals surface area contributed by atoms with Gasteiger partial charge in [0.25, 0.3) is 0 Å². The molecular weight excluding hydrogens is 1250 g/mol. The first-order valence-electron chi connectivity index (χ1n) is 28.9. The molecule has 13 bridgehead atoms. The van der Waals surface area contributed by atoms with Crippen LogP contribution in [0.15, 0.2) is 127 Å². The maximum atomic E-state index is 15.7. The summed E-state index contributed by atoms with van der Waals surface area (Å²) in [6, 6.07) is 12.2. The number of phenols is 6. The van der Waals surface area contributed by atoms with Gasteiger partial charge < -0.3 is 104 Å². The van der Waals surface area contributed by atoms with Gasteiger partial charge in [0, 0.05) is 25.1 Å². The number of fused-ring (bicyclic) bond motifs is 15. The number of halogens is 2. The van der Waals surface area contributed by atoms with Gasteiger partial charge in [-0.05, 0) is 156 Å². The summed E-state index contributed by atoms with van der Waals surface area (Å²) in [6.07, 6.45) is -1.32. The molecule has 0 aliphatic carbocycles. The van der Waals surface area contributed by atoms with E-state index in [1.807, 2.05) is 0 Å². The number of aromatic hydroxyl groups is 6. The molecule has 0 radical (unpaired) electrons. The van der Waals surface area contributed by atoms with Crippen molar-refractivity contribution < 1.29 is 83.5 Å². The molecule has 8 atom stereocenters. The molecule has 0 spiro atoms.